The zero-order chi connectivity index (χ0) is 14.9. The third-order valence-corrected chi connectivity index (χ3v) is 5.31. The van der Waals surface area contributed by atoms with Gasteiger partial charge in [0, 0.05) is 37.3 Å². The molecule has 1 spiro atoms. The van der Waals surface area contributed by atoms with Crippen LogP contribution in [0.2, 0.25) is 5.02 Å². The van der Waals surface area contributed by atoms with Gasteiger partial charge in [-0.15, -0.1) is 0 Å². The molecule has 0 saturated carbocycles. The van der Waals surface area contributed by atoms with Gasteiger partial charge in [0.2, 0.25) is 0 Å². The Morgan fingerprint density at radius 2 is 2.19 bits per heavy atom. The van der Waals surface area contributed by atoms with Crippen molar-refractivity contribution in [2.24, 2.45) is 0 Å². The van der Waals surface area contributed by atoms with Crippen LogP contribution in [0.15, 0.2) is 24.3 Å². The lowest BCUT2D eigenvalue weighted by atomic mass is 9.89. The van der Waals surface area contributed by atoms with Crippen LogP contribution in [0, 0.1) is 0 Å². The van der Waals surface area contributed by atoms with E-state index in [-0.39, 0.29) is 5.60 Å². The highest BCUT2D eigenvalue weighted by Crippen LogP contribution is 2.36. The number of benzene rings is 1. The van der Waals surface area contributed by atoms with Gasteiger partial charge in [0.15, 0.2) is 0 Å². The van der Waals surface area contributed by atoms with Crippen molar-refractivity contribution in [2.75, 3.05) is 33.8 Å². The number of rotatable bonds is 3. The lowest BCUT2D eigenvalue weighted by Gasteiger charge is -2.40. The zero-order valence-corrected chi connectivity index (χ0v) is 13.8. The first-order valence-electron chi connectivity index (χ1n) is 7.84. The van der Waals surface area contributed by atoms with E-state index in [1.807, 2.05) is 12.1 Å². The van der Waals surface area contributed by atoms with Gasteiger partial charge in [0.05, 0.1) is 5.60 Å². The fourth-order valence-corrected chi connectivity index (χ4v) is 3.85. The maximum absolute atomic E-state index is 6.28. The molecule has 0 radical (unpaired) electrons. The van der Waals surface area contributed by atoms with Crippen LogP contribution >= 0.6 is 11.6 Å². The van der Waals surface area contributed by atoms with E-state index in [1.165, 1.54) is 5.56 Å². The number of ether oxygens (including phenoxy) is 1. The summed E-state index contributed by atoms with van der Waals surface area (Å²) in [6.07, 6.45) is 3.44. The van der Waals surface area contributed by atoms with Crippen LogP contribution in [0.5, 0.6) is 0 Å². The Kier molecular flexibility index (Phi) is 4.55. The van der Waals surface area contributed by atoms with Crippen molar-refractivity contribution in [1.82, 2.24) is 9.80 Å². The largest absolute Gasteiger partial charge is 0.373 e. The highest BCUT2D eigenvalue weighted by molar-refractivity contribution is 6.31. The Morgan fingerprint density at radius 3 is 2.95 bits per heavy atom. The lowest BCUT2D eigenvalue weighted by molar-refractivity contribution is -0.0932. The second-order valence-corrected chi connectivity index (χ2v) is 7.10. The molecule has 0 bridgehead atoms. The summed E-state index contributed by atoms with van der Waals surface area (Å²) in [6.45, 7) is 3.95. The minimum absolute atomic E-state index is 0.0639. The Labute approximate surface area is 132 Å². The van der Waals surface area contributed by atoms with Gasteiger partial charge < -0.3 is 9.64 Å². The topological polar surface area (TPSA) is 15.7 Å². The Bertz CT molecular complexity index is 493. The van der Waals surface area contributed by atoms with Crippen LogP contribution in [0.4, 0.5) is 0 Å². The minimum Gasteiger partial charge on any atom is -0.373 e. The summed E-state index contributed by atoms with van der Waals surface area (Å²) >= 11 is 6.28. The van der Waals surface area contributed by atoms with E-state index < -0.39 is 0 Å². The van der Waals surface area contributed by atoms with Crippen LogP contribution in [-0.4, -0.2) is 55.2 Å². The standard InChI is InChI=1S/C17H25ClN2O/c1-19(2)15-7-10-21-17(11-15)8-9-20(13-17)12-14-5-3-4-6-16(14)18/h3-6,15H,7-13H2,1-2H3/t15-,17-/m1/s1. The number of likely N-dealkylation sites (tertiary alicyclic amines) is 1. The molecule has 3 rings (SSSR count). The van der Waals surface area contributed by atoms with Crippen LogP contribution in [-0.2, 0) is 11.3 Å². The molecule has 0 aliphatic carbocycles. The predicted octanol–water partition coefficient (Wildman–Crippen LogP) is 3.03. The molecule has 116 valence electrons. The van der Waals surface area contributed by atoms with E-state index in [4.69, 9.17) is 16.3 Å². The number of hydrogen-bond donors (Lipinski definition) is 0. The first-order chi connectivity index (χ1) is 10.1. The van der Waals surface area contributed by atoms with Crippen molar-refractivity contribution >= 4 is 11.6 Å². The molecule has 0 aromatic heterocycles. The maximum atomic E-state index is 6.28. The second kappa shape index (κ2) is 6.25. The molecular formula is C17H25ClN2O. The Morgan fingerprint density at radius 1 is 1.38 bits per heavy atom. The molecule has 2 saturated heterocycles. The van der Waals surface area contributed by atoms with Crippen LogP contribution < -0.4 is 0 Å². The molecule has 4 heteroatoms. The highest BCUT2D eigenvalue weighted by Gasteiger charge is 2.43. The zero-order valence-electron chi connectivity index (χ0n) is 13.0. The summed E-state index contributed by atoms with van der Waals surface area (Å²) in [4.78, 5) is 4.83. The monoisotopic (exact) mass is 308 g/mol. The van der Waals surface area contributed by atoms with Crippen molar-refractivity contribution < 1.29 is 4.74 Å². The van der Waals surface area contributed by atoms with E-state index in [0.717, 1.165) is 50.5 Å². The minimum atomic E-state index is 0.0639. The van der Waals surface area contributed by atoms with E-state index in [2.05, 4.69) is 36.0 Å². The quantitative estimate of drug-likeness (QED) is 0.853. The van der Waals surface area contributed by atoms with Crippen LogP contribution in [0.3, 0.4) is 0 Å². The van der Waals surface area contributed by atoms with E-state index in [1.54, 1.807) is 0 Å². The van der Waals surface area contributed by atoms with E-state index in [0.29, 0.717) is 6.04 Å². The number of nitrogens with zero attached hydrogens (tertiary/aromatic N) is 2. The predicted molar refractivity (Wildman–Crippen MR) is 86.7 cm³/mol. The summed E-state index contributed by atoms with van der Waals surface area (Å²) in [5, 5.41) is 0.870. The van der Waals surface area contributed by atoms with Gasteiger partial charge in [-0.05, 0) is 45.0 Å². The maximum Gasteiger partial charge on any atom is 0.0835 e. The molecule has 3 nitrogen and oxygen atoms in total. The summed E-state index contributed by atoms with van der Waals surface area (Å²) in [5.41, 5.74) is 1.28. The molecule has 2 aliphatic rings. The Hall–Kier alpha value is -0.610. The molecule has 0 amide bonds. The summed E-state index contributed by atoms with van der Waals surface area (Å²) in [6, 6.07) is 8.80. The average molecular weight is 309 g/mol. The fraction of sp³-hybridized carbons (Fsp3) is 0.647. The van der Waals surface area contributed by atoms with Gasteiger partial charge in [-0.3, -0.25) is 4.90 Å². The average Bonchev–Trinajstić information content (AvgIpc) is 2.84. The van der Waals surface area contributed by atoms with E-state index >= 15 is 0 Å². The van der Waals surface area contributed by atoms with Gasteiger partial charge in [0.1, 0.15) is 0 Å². The molecule has 2 heterocycles. The first-order valence-corrected chi connectivity index (χ1v) is 8.22. The highest BCUT2D eigenvalue weighted by atomic mass is 35.5. The molecule has 1 aromatic carbocycles. The van der Waals surface area contributed by atoms with Crippen LogP contribution in [0.1, 0.15) is 24.8 Å². The SMILES string of the molecule is CN(C)[C@@H]1CCO[C@]2(CCN(Cc3ccccc3Cl)C2)C1. The van der Waals surface area contributed by atoms with Crippen molar-refractivity contribution in [1.29, 1.82) is 0 Å². The van der Waals surface area contributed by atoms with Gasteiger partial charge in [-0.1, -0.05) is 29.8 Å². The van der Waals surface area contributed by atoms with Crippen molar-refractivity contribution in [3.63, 3.8) is 0 Å². The molecular weight excluding hydrogens is 284 g/mol. The van der Waals surface area contributed by atoms with E-state index in [9.17, 15) is 0 Å². The molecule has 1 aromatic rings. The van der Waals surface area contributed by atoms with Gasteiger partial charge in [0.25, 0.3) is 0 Å². The van der Waals surface area contributed by atoms with Gasteiger partial charge in [-0.2, -0.15) is 0 Å². The molecule has 0 N–H and O–H groups in total. The third kappa shape index (κ3) is 3.42. The van der Waals surface area contributed by atoms with Gasteiger partial charge >= 0.3 is 0 Å². The van der Waals surface area contributed by atoms with Crippen molar-refractivity contribution in [3.8, 4) is 0 Å². The smallest absolute Gasteiger partial charge is 0.0835 e. The number of hydrogen-bond acceptors (Lipinski definition) is 3. The molecule has 0 unspecified atom stereocenters. The lowest BCUT2D eigenvalue weighted by Crippen LogP contribution is -2.48. The molecule has 2 fully saturated rings. The summed E-state index contributed by atoms with van der Waals surface area (Å²) in [7, 11) is 4.36. The van der Waals surface area contributed by atoms with Crippen LogP contribution in [0.25, 0.3) is 0 Å². The fourth-order valence-electron chi connectivity index (χ4n) is 3.66. The second-order valence-electron chi connectivity index (χ2n) is 6.69. The number of halogens is 1. The van der Waals surface area contributed by atoms with Gasteiger partial charge in [-0.25, -0.2) is 0 Å². The normalized spacial score (nSPS) is 30.4. The summed E-state index contributed by atoms with van der Waals surface area (Å²) < 4.78 is 6.20. The molecule has 2 aliphatic heterocycles. The molecule has 21 heavy (non-hydrogen) atoms. The van der Waals surface area contributed by atoms with Crippen molar-refractivity contribution in [2.45, 2.75) is 37.5 Å². The van der Waals surface area contributed by atoms with Crippen molar-refractivity contribution in [3.05, 3.63) is 34.9 Å². The third-order valence-electron chi connectivity index (χ3n) is 4.94. The molecule has 2 atom stereocenters. The summed E-state index contributed by atoms with van der Waals surface area (Å²) in [5.74, 6) is 0. The first kappa shape index (κ1) is 15.3. The Balaban J connectivity index is 1.64.